The molecule has 4 heteroatoms. The molecule has 2 aromatic carbocycles. The van der Waals surface area contributed by atoms with Crippen molar-refractivity contribution in [3.8, 4) is 16.9 Å². The zero-order valence-corrected chi connectivity index (χ0v) is 15.0. The van der Waals surface area contributed by atoms with Crippen molar-refractivity contribution >= 4 is 27.5 Å². The minimum atomic E-state index is 0.0635. The highest BCUT2D eigenvalue weighted by atomic mass is 79.9. The summed E-state index contributed by atoms with van der Waals surface area (Å²) >= 11 is 3.21. The van der Waals surface area contributed by atoms with Crippen LogP contribution in [-0.2, 0) is 13.0 Å². The van der Waals surface area contributed by atoms with Crippen LogP contribution in [0.4, 0.5) is 0 Å². The number of benzene rings is 2. The van der Waals surface area contributed by atoms with Gasteiger partial charge in [0.2, 0.25) is 0 Å². The number of carbonyl (C=O) groups excluding carboxylic acids is 2. The minimum absolute atomic E-state index is 0.0635. The first-order valence-corrected chi connectivity index (χ1v) is 9.27. The fourth-order valence-electron chi connectivity index (χ4n) is 3.54. The summed E-state index contributed by atoms with van der Waals surface area (Å²) in [5, 5.41) is 0.317. The highest BCUT2D eigenvalue weighted by molar-refractivity contribution is 9.09. The number of ketones is 2. The smallest absolute Gasteiger partial charge is 0.173 e. The Labute approximate surface area is 149 Å². The molecular weight excluding hydrogens is 368 g/mol. The average molecular weight is 385 g/mol. The van der Waals surface area contributed by atoms with Gasteiger partial charge in [-0.25, -0.2) is 0 Å². The molecule has 0 saturated carbocycles. The molecule has 1 heterocycles. The summed E-state index contributed by atoms with van der Waals surface area (Å²) in [6.45, 7) is 2.41. The number of fused-ring (bicyclic) bond motifs is 4. The molecule has 24 heavy (non-hydrogen) atoms. The summed E-state index contributed by atoms with van der Waals surface area (Å²) in [6.07, 6.45) is 1.82. The third kappa shape index (κ3) is 2.40. The van der Waals surface area contributed by atoms with Crippen molar-refractivity contribution in [3.05, 3.63) is 52.6 Å². The second-order valence-electron chi connectivity index (χ2n) is 6.53. The van der Waals surface area contributed by atoms with Gasteiger partial charge in [-0.15, -0.1) is 0 Å². The highest BCUT2D eigenvalue weighted by Gasteiger charge is 2.28. The molecule has 2 aliphatic rings. The summed E-state index contributed by atoms with van der Waals surface area (Å²) in [4.78, 5) is 24.3. The van der Waals surface area contributed by atoms with Gasteiger partial charge in [0.25, 0.3) is 0 Å². The van der Waals surface area contributed by atoms with Crippen LogP contribution < -0.4 is 4.74 Å². The van der Waals surface area contributed by atoms with Crippen molar-refractivity contribution < 1.29 is 14.3 Å². The van der Waals surface area contributed by atoms with Crippen LogP contribution in [0.25, 0.3) is 11.1 Å². The van der Waals surface area contributed by atoms with Gasteiger partial charge in [0, 0.05) is 22.6 Å². The van der Waals surface area contributed by atoms with E-state index in [-0.39, 0.29) is 17.5 Å². The number of hydrogen-bond acceptors (Lipinski definition) is 3. The zero-order chi connectivity index (χ0) is 16.8. The molecule has 1 aliphatic heterocycles. The van der Waals surface area contributed by atoms with E-state index < -0.39 is 0 Å². The van der Waals surface area contributed by atoms with Crippen molar-refractivity contribution in [3.63, 3.8) is 0 Å². The fourth-order valence-corrected chi connectivity index (χ4v) is 3.87. The molecule has 0 aromatic heterocycles. The van der Waals surface area contributed by atoms with Crippen LogP contribution in [0.15, 0.2) is 30.3 Å². The molecular formula is C20H17BrO3. The monoisotopic (exact) mass is 384 g/mol. The molecule has 0 amide bonds. The molecule has 1 aliphatic carbocycles. The van der Waals surface area contributed by atoms with Gasteiger partial charge in [-0.1, -0.05) is 35.0 Å². The second-order valence-corrected chi connectivity index (χ2v) is 7.09. The van der Waals surface area contributed by atoms with E-state index >= 15 is 0 Å². The number of ether oxygens (including phenoxy) is 1. The van der Waals surface area contributed by atoms with Crippen molar-refractivity contribution in [2.75, 3.05) is 5.33 Å². The molecule has 1 atom stereocenters. The Balaban J connectivity index is 1.82. The lowest BCUT2D eigenvalue weighted by Gasteiger charge is -2.26. The lowest BCUT2D eigenvalue weighted by Crippen LogP contribution is -2.21. The molecule has 0 saturated heterocycles. The first-order valence-electron chi connectivity index (χ1n) is 8.15. The number of alkyl halides is 1. The van der Waals surface area contributed by atoms with E-state index in [1.807, 2.05) is 31.2 Å². The normalized spacial score (nSPS) is 18.2. The van der Waals surface area contributed by atoms with Gasteiger partial charge in [0.05, 0.1) is 5.33 Å². The zero-order valence-electron chi connectivity index (χ0n) is 13.4. The lowest BCUT2D eigenvalue weighted by atomic mass is 9.81. The van der Waals surface area contributed by atoms with E-state index in [2.05, 4.69) is 22.0 Å². The molecule has 0 bridgehead atoms. The van der Waals surface area contributed by atoms with Crippen LogP contribution in [0.1, 0.15) is 45.2 Å². The quantitative estimate of drug-likeness (QED) is 0.561. The summed E-state index contributed by atoms with van der Waals surface area (Å²) < 4.78 is 5.89. The van der Waals surface area contributed by atoms with E-state index in [9.17, 15) is 9.59 Å². The van der Waals surface area contributed by atoms with Gasteiger partial charge in [-0.05, 0) is 47.7 Å². The van der Waals surface area contributed by atoms with Crippen LogP contribution in [0, 0.1) is 5.92 Å². The van der Waals surface area contributed by atoms with Gasteiger partial charge in [-0.2, -0.15) is 0 Å². The number of Topliss-reactive ketones (excluding diaryl/α,β-unsaturated/α-hetero) is 2. The van der Waals surface area contributed by atoms with Crippen molar-refractivity contribution in [1.82, 2.24) is 0 Å². The Morgan fingerprint density at radius 1 is 1.17 bits per heavy atom. The van der Waals surface area contributed by atoms with Gasteiger partial charge in [0.1, 0.15) is 12.4 Å². The summed E-state index contributed by atoms with van der Waals surface area (Å²) in [7, 11) is 0. The standard InChI is InChI=1S/C20H17BrO3/c1-11-2-3-12-7-17-15-5-4-13(18(22)9-21)6-14(15)10-24-19(17)8-16(12)20(11)23/h4-8,11H,2-3,9-10H2,1H3. The maximum Gasteiger partial charge on any atom is 0.173 e. The van der Waals surface area contributed by atoms with Crippen LogP contribution in [0.2, 0.25) is 0 Å². The molecule has 4 rings (SSSR count). The maximum atomic E-state index is 12.4. The first kappa shape index (κ1) is 15.6. The third-order valence-corrected chi connectivity index (χ3v) is 5.50. The van der Waals surface area contributed by atoms with Crippen molar-refractivity contribution in [1.29, 1.82) is 0 Å². The van der Waals surface area contributed by atoms with Crippen LogP contribution in [-0.4, -0.2) is 16.9 Å². The Hall–Kier alpha value is -1.94. The molecule has 0 N–H and O–H groups in total. The van der Waals surface area contributed by atoms with E-state index in [0.717, 1.165) is 46.4 Å². The molecule has 0 fully saturated rings. The summed E-state index contributed by atoms with van der Waals surface area (Å²) in [5.74, 6) is 1.13. The second kappa shape index (κ2) is 5.85. The predicted octanol–water partition coefficient (Wildman–Crippen LogP) is 4.59. The SMILES string of the molecule is CC1CCc2cc3c(cc2C1=O)OCc1cc(C(=O)CBr)ccc1-3. The highest BCUT2D eigenvalue weighted by Crippen LogP contribution is 2.41. The van der Waals surface area contributed by atoms with Gasteiger partial charge in [-0.3, -0.25) is 9.59 Å². The van der Waals surface area contributed by atoms with E-state index in [4.69, 9.17) is 4.74 Å². The Morgan fingerprint density at radius 3 is 2.79 bits per heavy atom. The number of aryl methyl sites for hydroxylation is 1. The molecule has 0 radical (unpaired) electrons. The first-order chi connectivity index (χ1) is 11.6. The van der Waals surface area contributed by atoms with Crippen molar-refractivity contribution in [2.24, 2.45) is 5.92 Å². The fraction of sp³-hybridized carbons (Fsp3) is 0.300. The van der Waals surface area contributed by atoms with Crippen LogP contribution >= 0.6 is 15.9 Å². The lowest BCUT2D eigenvalue weighted by molar-refractivity contribution is 0.0912. The summed E-state index contributed by atoms with van der Waals surface area (Å²) in [5.41, 5.74) is 5.74. The Morgan fingerprint density at radius 2 is 2.00 bits per heavy atom. The third-order valence-electron chi connectivity index (χ3n) is 4.99. The predicted molar refractivity (Wildman–Crippen MR) is 96.2 cm³/mol. The minimum Gasteiger partial charge on any atom is -0.488 e. The Bertz CT molecular complexity index is 869. The molecule has 1 unspecified atom stereocenters. The van der Waals surface area contributed by atoms with Gasteiger partial charge >= 0.3 is 0 Å². The Kier molecular flexibility index (Phi) is 3.80. The number of hydrogen-bond donors (Lipinski definition) is 0. The maximum absolute atomic E-state index is 12.4. The van der Waals surface area contributed by atoms with E-state index in [1.165, 1.54) is 0 Å². The largest absolute Gasteiger partial charge is 0.488 e. The van der Waals surface area contributed by atoms with Gasteiger partial charge in [0.15, 0.2) is 11.6 Å². The number of rotatable bonds is 2. The van der Waals surface area contributed by atoms with Crippen molar-refractivity contribution in [2.45, 2.75) is 26.4 Å². The van der Waals surface area contributed by atoms with Crippen LogP contribution in [0.3, 0.4) is 0 Å². The van der Waals surface area contributed by atoms with Gasteiger partial charge < -0.3 is 4.74 Å². The van der Waals surface area contributed by atoms with Crippen LogP contribution in [0.5, 0.6) is 5.75 Å². The van der Waals surface area contributed by atoms with E-state index in [1.54, 1.807) is 0 Å². The number of halogens is 1. The topological polar surface area (TPSA) is 43.4 Å². The number of carbonyl (C=O) groups is 2. The molecule has 3 nitrogen and oxygen atoms in total. The molecule has 2 aromatic rings. The average Bonchev–Trinajstić information content (AvgIpc) is 2.62. The van der Waals surface area contributed by atoms with E-state index in [0.29, 0.717) is 17.5 Å². The molecule has 0 spiro atoms. The summed E-state index contributed by atoms with van der Waals surface area (Å²) in [6, 6.07) is 9.77. The molecule has 122 valence electrons.